The van der Waals surface area contributed by atoms with Crippen LogP contribution in [0.4, 0.5) is 0 Å². The molecule has 6 heteroatoms. The average Bonchev–Trinajstić information content (AvgIpc) is 2.96. The van der Waals surface area contributed by atoms with Gasteiger partial charge >= 0.3 is 0 Å². The second-order valence-electron chi connectivity index (χ2n) is 5.97. The van der Waals surface area contributed by atoms with Gasteiger partial charge in [-0.05, 0) is 37.6 Å². The minimum absolute atomic E-state index is 0.267. The Hall–Kier alpha value is -2.89. The molecule has 6 nitrogen and oxygen atoms in total. The first-order chi connectivity index (χ1) is 11.4. The van der Waals surface area contributed by atoms with Crippen molar-refractivity contribution in [3.8, 4) is 0 Å². The number of fused-ring (bicyclic) bond motifs is 1. The molecule has 3 rings (SSSR count). The van der Waals surface area contributed by atoms with Gasteiger partial charge in [-0.1, -0.05) is 12.1 Å². The number of benzene rings is 1. The third-order valence-corrected chi connectivity index (χ3v) is 4.54. The standard InChI is InChI=1S/C18H19N3O3/c1-11-8-13(12(2)20(11)3)9-19-16(22)10-21-17(23)14-6-4-5-7-15(14)18(21)24/h4-8H,9-10H2,1-3H3,(H,19,22). The van der Waals surface area contributed by atoms with Gasteiger partial charge in [0.15, 0.2) is 0 Å². The molecule has 1 aromatic carbocycles. The Morgan fingerprint density at radius 3 is 2.17 bits per heavy atom. The molecule has 0 saturated carbocycles. The molecule has 0 fully saturated rings. The Morgan fingerprint density at radius 2 is 1.67 bits per heavy atom. The molecule has 0 aliphatic carbocycles. The van der Waals surface area contributed by atoms with Crippen molar-refractivity contribution in [2.45, 2.75) is 20.4 Å². The smallest absolute Gasteiger partial charge is 0.262 e. The second kappa shape index (κ2) is 5.96. The van der Waals surface area contributed by atoms with Crippen LogP contribution < -0.4 is 5.32 Å². The van der Waals surface area contributed by atoms with Crippen molar-refractivity contribution in [2.75, 3.05) is 6.54 Å². The van der Waals surface area contributed by atoms with Crippen molar-refractivity contribution in [3.63, 3.8) is 0 Å². The summed E-state index contributed by atoms with van der Waals surface area (Å²) < 4.78 is 2.05. The largest absolute Gasteiger partial charge is 0.352 e. The fourth-order valence-electron chi connectivity index (χ4n) is 2.89. The Labute approximate surface area is 140 Å². The van der Waals surface area contributed by atoms with Crippen molar-refractivity contribution in [1.82, 2.24) is 14.8 Å². The van der Waals surface area contributed by atoms with E-state index in [2.05, 4.69) is 5.32 Å². The molecule has 1 aliphatic rings. The zero-order valence-electron chi connectivity index (χ0n) is 13.9. The molecule has 0 saturated heterocycles. The van der Waals surface area contributed by atoms with Gasteiger partial charge in [-0.15, -0.1) is 0 Å². The summed E-state index contributed by atoms with van der Waals surface area (Å²) in [6.07, 6.45) is 0. The van der Waals surface area contributed by atoms with Crippen molar-refractivity contribution in [3.05, 3.63) is 58.4 Å². The molecular weight excluding hydrogens is 306 g/mol. The maximum Gasteiger partial charge on any atom is 0.262 e. The summed E-state index contributed by atoms with van der Waals surface area (Å²) in [6.45, 7) is 4.09. The maximum absolute atomic E-state index is 12.2. The normalized spacial score (nSPS) is 13.4. The lowest BCUT2D eigenvalue weighted by atomic mass is 10.1. The molecule has 3 amide bonds. The number of hydrogen-bond acceptors (Lipinski definition) is 3. The van der Waals surface area contributed by atoms with Crippen LogP contribution >= 0.6 is 0 Å². The number of rotatable bonds is 4. The van der Waals surface area contributed by atoms with E-state index < -0.39 is 11.8 Å². The summed E-state index contributed by atoms with van der Waals surface area (Å²) in [5.41, 5.74) is 3.91. The molecule has 0 atom stereocenters. The molecule has 1 aromatic heterocycles. The summed E-state index contributed by atoms with van der Waals surface area (Å²) in [5.74, 6) is -1.19. The molecule has 2 heterocycles. The van der Waals surface area contributed by atoms with E-state index in [1.54, 1.807) is 24.3 Å². The number of imide groups is 1. The number of amides is 3. The lowest BCUT2D eigenvalue weighted by Crippen LogP contribution is -2.40. The first kappa shape index (κ1) is 16.0. The third kappa shape index (κ3) is 2.60. The SMILES string of the molecule is Cc1cc(CNC(=O)CN2C(=O)c3ccccc3C2=O)c(C)n1C. The number of hydrogen-bond donors (Lipinski definition) is 1. The Morgan fingerprint density at radius 1 is 1.08 bits per heavy atom. The van der Waals surface area contributed by atoms with Gasteiger partial charge in [0, 0.05) is 25.0 Å². The van der Waals surface area contributed by atoms with E-state index in [-0.39, 0.29) is 12.5 Å². The van der Waals surface area contributed by atoms with Gasteiger partial charge in [-0.25, -0.2) is 0 Å². The van der Waals surface area contributed by atoms with Crippen LogP contribution in [0.2, 0.25) is 0 Å². The van der Waals surface area contributed by atoms with Gasteiger partial charge in [0.2, 0.25) is 5.91 Å². The van der Waals surface area contributed by atoms with Crippen LogP contribution in [0.1, 0.15) is 37.7 Å². The monoisotopic (exact) mass is 325 g/mol. The maximum atomic E-state index is 12.2. The average molecular weight is 325 g/mol. The van der Waals surface area contributed by atoms with Gasteiger partial charge in [-0.3, -0.25) is 19.3 Å². The van der Waals surface area contributed by atoms with Crippen molar-refractivity contribution < 1.29 is 14.4 Å². The summed E-state index contributed by atoms with van der Waals surface area (Å²) in [4.78, 5) is 37.6. The van der Waals surface area contributed by atoms with E-state index in [1.807, 2.05) is 31.5 Å². The highest BCUT2D eigenvalue weighted by Gasteiger charge is 2.36. The first-order valence-corrected chi connectivity index (χ1v) is 7.74. The van der Waals surface area contributed by atoms with E-state index in [4.69, 9.17) is 0 Å². The van der Waals surface area contributed by atoms with Crippen molar-refractivity contribution >= 4 is 17.7 Å². The number of carbonyl (C=O) groups excluding carboxylic acids is 3. The third-order valence-electron chi connectivity index (χ3n) is 4.54. The van der Waals surface area contributed by atoms with Gasteiger partial charge in [0.1, 0.15) is 6.54 Å². The summed E-state index contributed by atoms with van der Waals surface area (Å²) in [7, 11) is 1.97. The lowest BCUT2D eigenvalue weighted by Gasteiger charge is -2.13. The van der Waals surface area contributed by atoms with Crippen LogP contribution in [0.15, 0.2) is 30.3 Å². The highest BCUT2D eigenvalue weighted by molar-refractivity contribution is 6.22. The zero-order chi connectivity index (χ0) is 17.4. The highest BCUT2D eigenvalue weighted by atomic mass is 16.2. The molecule has 124 valence electrons. The Balaban J connectivity index is 1.65. The van der Waals surface area contributed by atoms with Crippen LogP contribution in [0, 0.1) is 13.8 Å². The van der Waals surface area contributed by atoms with Crippen LogP contribution in [-0.4, -0.2) is 33.7 Å². The number of aryl methyl sites for hydroxylation is 1. The molecule has 2 aromatic rings. The van der Waals surface area contributed by atoms with Gasteiger partial charge in [-0.2, -0.15) is 0 Å². The van der Waals surface area contributed by atoms with Crippen molar-refractivity contribution in [2.24, 2.45) is 7.05 Å². The van der Waals surface area contributed by atoms with Crippen LogP contribution in [0.3, 0.4) is 0 Å². The van der Waals surface area contributed by atoms with E-state index in [0.717, 1.165) is 21.9 Å². The van der Waals surface area contributed by atoms with E-state index in [1.165, 1.54) is 0 Å². The minimum atomic E-state index is -0.419. The molecule has 24 heavy (non-hydrogen) atoms. The van der Waals surface area contributed by atoms with Crippen LogP contribution in [-0.2, 0) is 18.4 Å². The summed E-state index contributed by atoms with van der Waals surface area (Å²) >= 11 is 0. The van der Waals surface area contributed by atoms with Crippen LogP contribution in [0.5, 0.6) is 0 Å². The summed E-state index contributed by atoms with van der Waals surface area (Å²) in [5, 5.41) is 2.78. The second-order valence-corrected chi connectivity index (χ2v) is 5.97. The fourth-order valence-corrected chi connectivity index (χ4v) is 2.89. The topological polar surface area (TPSA) is 71.4 Å². The number of aromatic nitrogens is 1. The van der Waals surface area contributed by atoms with E-state index >= 15 is 0 Å². The van der Waals surface area contributed by atoms with E-state index in [0.29, 0.717) is 17.7 Å². The van der Waals surface area contributed by atoms with Crippen molar-refractivity contribution in [1.29, 1.82) is 0 Å². The predicted octanol–water partition coefficient (Wildman–Crippen LogP) is 1.55. The predicted molar refractivity (Wildman–Crippen MR) is 88.5 cm³/mol. The molecule has 0 radical (unpaired) electrons. The highest BCUT2D eigenvalue weighted by Crippen LogP contribution is 2.22. The van der Waals surface area contributed by atoms with Gasteiger partial charge in [0.25, 0.3) is 11.8 Å². The molecule has 1 N–H and O–H groups in total. The molecular formula is C18H19N3O3. The van der Waals surface area contributed by atoms with Gasteiger partial charge in [0.05, 0.1) is 11.1 Å². The quantitative estimate of drug-likeness (QED) is 0.867. The lowest BCUT2D eigenvalue weighted by molar-refractivity contribution is -0.121. The number of nitrogens with zero attached hydrogens (tertiary/aromatic N) is 2. The van der Waals surface area contributed by atoms with E-state index in [9.17, 15) is 14.4 Å². The first-order valence-electron chi connectivity index (χ1n) is 7.74. The van der Waals surface area contributed by atoms with Crippen LogP contribution in [0.25, 0.3) is 0 Å². The Bertz CT molecular complexity index is 816. The number of nitrogens with one attached hydrogen (secondary N) is 1. The zero-order valence-corrected chi connectivity index (χ0v) is 13.9. The molecule has 1 aliphatic heterocycles. The molecule has 0 unspecified atom stereocenters. The van der Waals surface area contributed by atoms with Gasteiger partial charge < -0.3 is 9.88 Å². The summed E-state index contributed by atoms with van der Waals surface area (Å²) in [6, 6.07) is 8.62. The Kier molecular flexibility index (Phi) is 3.97. The number of carbonyl (C=O) groups is 3. The molecule has 0 bridgehead atoms. The molecule has 0 spiro atoms. The fraction of sp³-hybridized carbons (Fsp3) is 0.278. The minimum Gasteiger partial charge on any atom is -0.352 e.